The van der Waals surface area contributed by atoms with Crippen molar-refractivity contribution in [2.75, 3.05) is 0 Å². The van der Waals surface area contributed by atoms with Crippen LogP contribution >= 0.6 is 55.1 Å². The van der Waals surface area contributed by atoms with Crippen molar-refractivity contribution < 1.29 is 0 Å². The Morgan fingerprint density at radius 1 is 0.810 bits per heavy atom. The summed E-state index contributed by atoms with van der Waals surface area (Å²) < 4.78 is 1.08. The van der Waals surface area contributed by atoms with Gasteiger partial charge in [-0.25, -0.2) is 0 Å². The maximum Gasteiger partial charge on any atom is 0.0665 e. The van der Waals surface area contributed by atoms with Crippen molar-refractivity contribution in [2.24, 2.45) is 0 Å². The molecule has 0 saturated carbocycles. The summed E-state index contributed by atoms with van der Waals surface area (Å²) >= 11 is 19.8. The van der Waals surface area contributed by atoms with E-state index in [1.807, 2.05) is 24.3 Å². The van der Waals surface area contributed by atoms with Crippen LogP contribution in [-0.2, 0) is 0 Å². The Bertz CT molecular complexity index is 815. The van der Waals surface area contributed by atoms with Gasteiger partial charge >= 0.3 is 0 Å². The fourth-order valence-electron chi connectivity index (χ4n) is 2.38. The molecule has 0 N–H and O–H groups in total. The van der Waals surface area contributed by atoms with Gasteiger partial charge in [0, 0.05) is 14.5 Å². The van der Waals surface area contributed by atoms with Crippen molar-refractivity contribution >= 4 is 65.8 Å². The van der Waals surface area contributed by atoms with E-state index in [0.29, 0.717) is 10.0 Å². The van der Waals surface area contributed by atoms with E-state index in [1.54, 1.807) is 6.07 Å². The fraction of sp³-hybridized carbons (Fsp3) is 0.0588. The van der Waals surface area contributed by atoms with Gasteiger partial charge in [-0.2, -0.15) is 0 Å². The Hall–Kier alpha value is -0.540. The first kappa shape index (κ1) is 15.4. The molecule has 21 heavy (non-hydrogen) atoms. The molecule has 0 spiro atoms. The summed E-state index contributed by atoms with van der Waals surface area (Å²) in [6.45, 7) is 0. The van der Waals surface area contributed by atoms with Crippen LogP contribution in [0.4, 0.5) is 0 Å². The lowest BCUT2D eigenvalue weighted by Crippen LogP contribution is -1.96. The first-order chi connectivity index (χ1) is 10.1. The zero-order valence-corrected chi connectivity index (χ0v) is 15.5. The average Bonchev–Trinajstić information content (AvgIpc) is 2.50. The first-order valence-electron chi connectivity index (χ1n) is 6.34. The zero-order valence-electron chi connectivity index (χ0n) is 10.8. The Morgan fingerprint density at radius 3 is 2.29 bits per heavy atom. The van der Waals surface area contributed by atoms with E-state index in [1.165, 1.54) is 10.8 Å². The summed E-state index contributed by atoms with van der Waals surface area (Å²) in [5.74, 6) is 0. The third kappa shape index (κ3) is 3.00. The van der Waals surface area contributed by atoms with Gasteiger partial charge in [0.2, 0.25) is 0 Å². The van der Waals surface area contributed by atoms with E-state index in [-0.39, 0.29) is 4.83 Å². The topological polar surface area (TPSA) is 0 Å². The van der Waals surface area contributed by atoms with Gasteiger partial charge < -0.3 is 0 Å². The summed E-state index contributed by atoms with van der Waals surface area (Å²) in [6, 6.07) is 18.0. The van der Waals surface area contributed by atoms with Crippen molar-refractivity contribution in [1.29, 1.82) is 0 Å². The van der Waals surface area contributed by atoms with E-state index in [4.69, 9.17) is 23.2 Å². The number of hydrogen-bond acceptors (Lipinski definition) is 0. The Morgan fingerprint density at radius 2 is 1.52 bits per heavy atom. The Balaban J connectivity index is 2.20. The van der Waals surface area contributed by atoms with Crippen LogP contribution < -0.4 is 0 Å². The van der Waals surface area contributed by atoms with Gasteiger partial charge in [-0.1, -0.05) is 85.4 Å². The Labute approximate surface area is 150 Å². The minimum Gasteiger partial charge on any atom is -0.0843 e. The van der Waals surface area contributed by atoms with E-state index < -0.39 is 0 Å². The third-order valence-corrected chi connectivity index (χ3v) is 5.67. The Kier molecular flexibility index (Phi) is 4.60. The molecule has 0 fully saturated rings. The van der Waals surface area contributed by atoms with Gasteiger partial charge in [0.15, 0.2) is 0 Å². The molecule has 0 saturated heterocycles. The molecule has 0 aromatic heterocycles. The second-order valence-electron chi connectivity index (χ2n) is 4.71. The molecule has 0 heterocycles. The van der Waals surface area contributed by atoms with Crippen LogP contribution in [0, 0.1) is 0 Å². The molecular formula is C17H10Br2Cl2. The summed E-state index contributed by atoms with van der Waals surface area (Å²) in [6.07, 6.45) is 0. The molecule has 3 aromatic carbocycles. The molecule has 0 radical (unpaired) electrons. The van der Waals surface area contributed by atoms with Crippen LogP contribution in [0.25, 0.3) is 10.8 Å². The molecule has 4 heteroatoms. The van der Waals surface area contributed by atoms with Crippen molar-refractivity contribution in [3.05, 3.63) is 80.2 Å². The fourth-order valence-corrected chi connectivity index (χ4v) is 4.18. The molecule has 0 bridgehead atoms. The van der Waals surface area contributed by atoms with E-state index in [9.17, 15) is 0 Å². The largest absolute Gasteiger partial charge is 0.0843 e. The predicted octanol–water partition coefficient (Wildman–Crippen LogP) is 7.39. The molecule has 0 aliphatic rings. The first-order valence-corrected chi connectivity index (χ1v) is 8.80. The number of benzene rings is 3. The minimum atomic E-state index is -0.0123. The summed E-state index contributed by atoms with van der Waals surface area (Å²) in [5.41, 5.74) is 2.13. The molecule has 0 nitrogen and oxygen atoms in total. The number of fused-ring (bicyclic) bond motifs is 1. The molecular weight excluding hydrogens is 435 g/mol. The molecule has 3 aromatic rings. The van der Waals surface area contributed by atoms with Crippen LogP contribution in [0.15, 0.2) is 59.1 Å². The maximum absolute atomic E-state index is 6.33. The van der Waals surface area contributed by atoms with E-state index >= 15 is 0 Å². The van der Waals surface area contributed by atoms with E-state index in [0.717, 1.165) is 15.6 Å². The van der Waals surface area contributed by atoms with Crippen molar-refractivity contribution in [1.82, 2.24) is 0 Å². The molecule has 0 amide bonds. The van der Waals surface area contributed by atoms with Crippen molar-refractivity contribution in [3.8, 4) is 0 Å². The molecule has 3 rings (SSSR count). The lowest BCUT2D eigenvalue weighted by atomic mass is 9.98. The summed E-state index contributed by atoms with van der Waals surface area (Å²) in [4.78, 5) is -0.0123. The van der Waals surface area contributed by atoms with Gasteiger partial charge in [0.25, 0.3) is 0 Å². The van der Waals surface area contributed by atoms with Crippen LogP contribution in [0.3, 0.4) is 0 Å². The summed E-state index contributed by atoms with van der Waals surface area (Å²) in [5, 5.41) is 3.75. The predicted molar refractivity (Wildman–Crippen MR) is 98.9 cm³/mol. The normalized spacial score (nSPS) is 12.6. The monoisotopic (exact) mass is 442 g/mol. The molecule has 106 valence electrons. The molecule has 0 aliphatic carbocycles. The molecule has 1 atom stereocenters. The van der Waals surface area contributed by atoms with Crippen LogP contribution in [0.1, 0.15) is 16.0 Å². The number of alkyl halides is 1. The summed E-state index contributed by atoms with van der Waals surface area (Å²) in [7, 11) is 0. The SMILES string of the molecule is Clc1ccc(Cl)c(C(Br)c2ccc(Br)c3ccccc23)c1. The van der Waals surface area contributed by atoms with Crippen LogP contribution in [-0.4, -0.2) is 0 Å². The van der Waals surface area contributed by atoms with Gasteiger partial charge in [-0.15, -0.1) is 0 Å². The van der Waals surface area contributed by atoms with Gasteiger partial charge in [-0.3, -0.25) is 0 Å². The highest BCUT2D eigenvalue weighted by atomic mass is 79.9. The minimum absolute atomic E-state index is 0.0123. The number of hydrogen-bond donors (Lipinski definition) is 0. The van der Waals surface area contributed by atoms with Gasteiger partial charge in [0.05, 0.1) is 4.83 Å². The molecule has 0 aliphatic heterocycles. The lowest BCUT2D eigenvalue weighted by Gasteiger charge is -2.16. The average molecular weight is 445 g/mol. The number of rotatable bonds is 2. The lowest BCUT2D eigenvalue weighted by molar-refractivity contribution is 1.20. The highest BCUT2D eigenvalue weighted by Crippen LogP contribution is 2.40. The zero-order chi connectivity index (χ0) is 15.0. The van der Waals surface area contributed by atoms with Crippen LogP contribution in [0.5, 0.6) is 0 Å². The third-order valence-electron chi connectivity index (χ3n) is 3.41. The van der Waals surface area contributed by atoms with Crippen LogP contribution in [0.2, 0.25) is 10.0 Å². The standard InChI is InChI=1S/C17H10Br2Cl2/c18-15-7-6-13(11-3-1-2-4-12(11)15)17(19)14-9-10(20)5-8-16(14)21/h1-9,17H. The van der Waals surface area contributed by atoms with Crippen molar-refractivity contribution in [3.63, 3.8) is 0 Å². The maximum atomic E-state index is 6.33. The molecule has 1 unspecified atom stereocenters. The number of halogens is 4. The smallest absolute Gasteiger partial charge is 0.0665 e. The quantitative estimate of drug-likeness (QED) is 0.361. The van der Waals surface area contributed by atoms with Crippen molar-refractivity contribution in [2.45, 2.75) is 4.83 Å². The van der Waals surface area contributed by atoms with Gasteiger partial charge in [-0.05, 0) is 46.2 Å². The highest BCUT2D eigenvalue weighted by Gasteiger charge is 2.17. The second-order valence-corrected chi connectivity index (χ2v) is 7.32. The highest BCUT2D eigenvalue weighted by molar-refractivity contribution is 9.10. The second kappa shape index (κ2) is 6.29. The van der Waals surface area contributed by atoms with Gasteiger partial charge in [0.1, 0.15) is 0 Å². The van der Waals surface area contributed by atoms with E-state index in [2.05, 4.69) is 56.1 Å².